The highest BCUT2D eigenvalue weighted by Gasteiger charge is 2.23. The molecule has 7 nitrogen and oxygen atoms in total. The third-order valence-corrected chi connectivity index (χ3v) is 1.73. The molecule has 17 heavy (non-hydrogen) atoms. The predicted octanol–water partition coefficient (Wildman–Crippen LogP) is -0.698. The maximum atomic E-state index is 11.1. The summed E-state index contributed by atoms with van der Waals surface area (Å²) in [5.74, 6) is -4.83. The summed E-state index contributed by atoms with van der Waals surface area (Å²) >= 11 is 0. The van der Waals surface area contributed by atoms with Gasteiger partial charge >= 0.3 is 11.9 Å². The Labute approximate surface area is 97.4 Å². The second-order valence-electron chi connectivity index (χ2n) is 3.62. The van der Waals surface area contributed by atoms with Crippen LogP contribution in [0, 0.1) is 0 Å². The molecule has 7 heteroatoms. The van der Waals surface area contributed by atoms with Gasteiger partial charge in [-0.3, -0.25) is 9.59 Å². The zero-order valence-electron chi connectivity index (χ0n) is 9.50. The molecule has 0 aromatic heterocycles. The van der Waals surface area contributed by atoms with E-state index in [1.54, 1.807) is 0 Å². The summed E-state index contributed by atoms with van der Waals surface area (Å²) in [5.41, 5.74) is 0. The molecule has 0 aliphatic heterocycles. The number of aliphatic hydroxyl groups excluding tert-OH is 1. The number of ketones is 2. The zero-order valence-corrected chi connectivity index (χ0v) is 9.50. The summed E-state index contributed by atoms with van der Waals surface area (Å²) in [6, 6.07) is 0. The first-order chi connectivity index (χ1) is 7.73. The van der Waals surface area contributed by atoms with Crippen LogP contribution in [-0.2, 0) is 23.9 Å². The van der Waals surface area contributed by atoms with E-state index in [1.165, 1.54) is 13.8 Å². The van der Waals surface area contributed by atoms with Crippen LogP contribution in [0.5, 0.6) is 0 Å². The largest absolute Gasteiger partial charge is 0.475 e. The number of hydrogen-bond donors (Lipinski definition) is 2. The Morgan fingerprint density at radius 3 is 2.00 bits per heavy atom. The number of carbonyl (C=O) groups excluding carboxylic acids is 3. The molecule has 0 aliphatic rings. The maximum absolute atomic E-state index is 11.1. The highest BCUT2D eigenvalue weighted by molar-refractivity contribution is 6.34. The van der Waals surface area contributed by atoms with Crippen LogP contribution in [0.15, 0.2) is 0 Å². The van der Waals surface area contributed by atoms with Crippen LogP contribution >= 0.6 is 0 Å². The lowest BCUT2D eigenvalue weighted by Crippen LogP contribution is -2.28. The number of carboxylic acid groups (broad SMARTS) is 1. The summed E-state index contributed by atoms with van der Waals surface area (Å²) in [6.07, 6.45) is -2.84. The fourth-order valence-corrected chi connectivity index (χ4v) is 0.990. The van der Waals surface area contributed by atoms with Gasteiger partial charge in [0, 0.05) is 6.42 Å². The Balaban J connectivity index is 4.16. The molecule has 0 aromatic rings. The molecular weight excluding hydrogens is 232 g/mol. The average molecular weight is 246 g/mol. The molecule has 2 atom stereocenters. The number of aliphatic hydroxyl groups is 1. The molecule has 0 heterocycles. The molecule has 0 aromatic carbocycles. The van der Waals surface area contributed by atoms with Gasteiger partial charge in [-0.05, 0) is 13.8 Å². The number of ether oxygens (including phenoxy) is 1. The summed E-state index contributed by atoms with van der Waals surface area (Å²) < 4.78 is 4.55. The molecule has 0 fully saturated rings. The highest BCUT2D eigenvalue weighted by Crippen LogP contribution is 2.02. The second kappa shape index (κ2) is 6.74. The molecule has 2 unspecified atom stereocenters. The molecule has 2 N–H and O–H groups in total. The van der Waals surface area contributed by atoms with E-state index in [0.29, 0.717) is 0 Å². The summed E-state index contributed by atoms with van der Waals surface area (Å²) in [6.45, 7) is 2.64. The van der Waals surface area contributed by atoms with Crippen LogP contribution in [0.4, 0.5) is 0 Å². The van der Waals surface area contributed by atoms with Gasteiger partial charge in [0.15, 0.2) is 0 Å². The Kier molecular flexibility index (Phi) is 6.05. The molecule has 0 bridgehead atoms. The minimum Gasteiger partial charge on any atom is -0.475 e. The number of carbonyl (C=O) groups is 4. The van der Waals surface area contributed by atoms with Gasteiger partial charge < -0.3 is 14.9 Å². The summed E-state index contributed by atoms with van der Waals surface area (Å²) in [7, 11) is 0. The standard InChI is InChI=1S/C10H14O7/c1-5(11)3-8(13)10(16)17-6(2)4-7(12)9(14)15/h5-6,11H,3-4H2,1-2H3,(H,14,15). The van der Waals surface area contributed by atoms with Crippen molar-refractivity contribution in [3.8, 4) is 0 Å². The number of rotatable bonds is 7. The van der Waals surface area contributed by atoms with Crippen molar-refractivity contribution in [3.05, 3.63) is 0 Å². The minimum atomic E-state index is -1.62. The lowest BCUT2D eigenvalue weighted by Gasteiger charge is -2.11. The van der Waals surface area contributed by atoms with Gasteiger partial charge in [0.1, 0.15) is 6.10 Å². The average Bonchev–Trinajstić information content (AvgIpc) is 2.15. The van der Waals surface area contributed by atoms with E-state index in [1.807, 2.05) is 0 Å². The van der Waals surface area contributed by atoms with Crippen LogP contribution in [0.25, 0.3) is 0 Å². The number of esters is 1. The number of hydrogen-bond acceptors (Lipinski definition) is 6. The normalized spacial score (nSPS) is 13.6. The molecule has 0 saturated heterocycles. The molecule has 0 spiro atoms. The van der Waals surface area contributed by atoms with E-state index in [4.69, 9.17) is 10.2 Å². The van der Waals surface area contributed by atoms with E-state index in [9.17, 15) is 19.2 Å². The molecule has 0 rings (SSSR count). The van der Waals surface area contributed by atoms with Crippen molar-refractivity contribution in [3.63, 3.8) is 0 Å². The van der Waals surface area contributed by atoms with E-state index in [-0.39, 0.29) is 6.42 Å². The van der Waals surface area contributed by atoms with Gasteiger partial charge in [0.05, 0.1) is 12.5 Å². The Morgan fingerprint density at radius 2 is 1.59 bits per heavy atom. The highest BCUT2D eigenvalue weighted by atomic mass is 16.5. The monoisotopic (exact) mass is 246 g/mol. The van der Waals surface area contributed by atoms with Gasteiger partial charge in [-0.25, -0.2) is 9.59 Å². The van der Waals surface area contributed by atoms with Crippen molar-refractivity contribution in [2.45, 2.75) is 38.9 Å². The van der Waals surface area contributed by atoms with Crippen molar-refractivity contribution in [1.29, 1.82) is 0 Å². The van der Waals surface area contributed by atoms with Gasteiger partial charge in [-0.15, -0.1) is 0 Å². The van der Waals surface area contributed by atoms with E-state index < -0.39 is 42.1 Å². The third kappa shape index (κ3) is 6.41. The van der Waals surface area contributed by atoms with Gasteiger partial charge in [-0.2, -0.15) is 0 Å². The molecular formula is C10H14O7. The Hall–Kier alpha value is -1.76. The fourth-order valence-electron chi connectivity index (χ4n) is 0.990. The van der Waals surface area contributed by atoms with E-state index >= 15 is 0 Å². The zero-order chi connectivity index (χ0) is 13.6. The fraction of sp³-hybridized carbons (Fsp3) is 0.600. The molecule has 0 aliphatic carbocycles. The Morgan fingerprint density at radius 1 is 1.06 bits per heavy atom. The van der Waals surface area contributed by atoms with Crippen LogP contribution in [0.2, 0.25) is 0 Å². The van der Waals surface area contributed by atoms with Crippen molar-refractivity contribution in [2.24, 2.45) is 0 Å². The minimum absolute atomic E-state index is 0.377. The van der Waals surface area contributed by atoms with E-state index in [0.717, 1.165) is 0 Å². The van der Waals surface area contributed by atoms with E-state index in [2.05, 4.69) is 4.74 Å². The van der Waals surface area contributed by atoms with Crippen LogP contribution in [0.1, 0.15) is 26.7 Å². The van der Waals surface area contributed by atoms with Crippen LogP contribution in [0.3, 0.4) is 0 Å². The Bertz CT molecular complexity index is 332. The lowest BCUT2D eigenvalue weighted by atomic mass is 10.2. The quantitative estimate of drug-likeness (QED) is 0.450. The van der Waals surface area contributed by atoms with Crippen LogP contribution in [-0.4, -0.2) is 45.9 Å². The third-order valence-electron chi connectivity index (χ3n) is 1.73. The van der Waals surface area contributed by atoms with Gasteiger partial charge in [0.25, 0.3) is 0 Å². The number of Topliss-reactive ketones (excluding diaryl/α,β-unsaturated/α-hetero) is 2. The summed E-state index contributed by atoms with van der Waals surface area (Å²) in [5, 5.41) is 17.2. The number of aliphatic carboxylic acids is 1. The summed E-state index contributed by atoms with van der Waals surface area (Å²) in [4.78, 5) is 43.1. The first-order valence-electron chi connectivity index (χ1n) is 4.92. The molecule has 0 amide bonds. The molecule has 0 saturated carbocycles. The SMILES string of the molecule is CC(O)CC(=O)C(=O)OC(C)CC(=O)C(=O)O. The van der Waals surface area contributed by atoms with Crippen molar-refractivity contribution >= 4 is 23.5 Å². The first kappa shape index (κ1) is 15.2. The predicted molar refractivity (Wildman–Crippen MR) is 54.1 cm³/mol. The second-order valence-corrected chi connectivity index (χ2v) is 3.62. The maximum Gasteiger partial charge on any atom is 0.374 e. The topological polar surface area (TPSA) is 118 Å². The number of carboxylic acids is 1. The lowest BCUT2D eigenvalue weighted by molar-refractivity contribution is -0.160. The van der Waals surface area contributed by atoms with Crippen LogP contribution < -0.4 is 0 Å². The van der Waals surface area contributed by atoms with Crippen molar-refractivity contribution < 1.29 is 34.1 Å². The molecule has 96 valence electrons. The van der Waals surface area contributed by atoms with Gasteiger partial charge in [-0.1, -0.05) is 0 Å². The first-order valence-corrected chi connectivity index (χ1v) is 4.92. The van der Waals surface area contributed by atoms with Crippen molar-refractivity contribution in [2.75, 3.05) is 0 Å². The van der Waals surface area contributed by atoms with Crippen molar-refractivity contribution in [1.82, 2.24) is 0 Å². The molecule has 0 radical (unpaired) electrons. The smallest absolute Gasteiger partial charge is 0.374 e. The van der Waals surface area contributed by atoms with Gasteiger partial charge in [0.2, 0.25) is 11.6 Å².